The standard InChI is InChI=1S/C21H27BrSi/c1-15(2)23(16(3)4,17(5)6)14-13-19-10-7-9-18-11-8-12-20(22)21(18)19/h7-12,15-17H,1-6H3. The van der Waals surface area contributed by atoms with E-state index < -0.39 is 8.07 Å². The van der Waals surface area contributed by atoms with Gasteiger partial charge in [0.2, 0.25) is 0 Å². The number of hydrogen-bond acceptors (Lipinski definition) is 0. The van der Waals surface area contributed by atoms with Crippen LogP contribution < -0.4 is 0 Å². The molecule has 23 heavy (non-hydrogen) atoms. The predicted molar refractivity (Wildman–Crippen MR) is 110 cm³/mol. The summed E-state index contributed by atoms with van der Waals surface area (Å²) < 4.78 is 1.13. The van der Waals surface area contributed by atoms with Gasteiger partial charge in [-0.15, -0.1) is 5.54 Å². The zero-order chi connectivity index (χ0) is 17.2. The van der Waals surface area contributed by atoms with Gasteiger partial charge in [-0.2, -0.15) is 0 Å². The molecule has 0 nitrogen and oxygen atoms in total. The maximum Gasteiger partial charge on any atom is 0.146 e. The van der Waals surface area contributed by atoms with Crippen LogP contribution >= 0.6 is 15.9 Å². The zero-order valence-electron chi connectivity index (χ0n) is 15.1. The second-order valence-corrected chi connectivity index (χ2v) is 13.7. The fourth-order valence-corrected chi connectivity index (χ4v) is 9.82. The van der Waals surface area contributed by atoms with Crippen LogP contribution in [0, 0.1) is 11.5 Å². The van der Waals surface area contributed by atoms with Crippen LogP contribution in [0.5, 0.6) is 0 Å². The number of benzene rings is 2. The van der Waals surface area contributed by atoms with Crippen molar-refractivity contribution in [2.45, 2.75) is 58.2 Å². The lowest BCUT2D eigenvalue weighted by atomic mass is 10.1. The van der Waals surface area contributed by atoms with E-state index >= 15 is 0 Å². The highest BCUT2D eigenvalue weighted by atomic mass is 79.9. The molecule has 2 heteroatoms. The van der Waals surface area contributed by atoms with Crippen LogP contribution in [0.2, 0.25) is 16.6 Å². The third-order valence-corrected chi connectivity index (χ3v) is 12.1. The number of fused-ring (bicyclic) bond motifs is 1. The molecule has 0 unspecified atom stereocenters. The van der Waals surface area contributed by atoms with Gasteiger partial charge in [0.05, 0.1) is 0 Å². The van der Waals surface area contributed by atoms with Crippen LogP contribution in [0.4, 0.5) is 0 Å². The van der Waals surface area contributed by atoms with Crippen molar-refractivity contribution in [1.82, 2.24) is 0 Å². The van der Waals surface area contributed by atoms with Crippen LogP contribution in [-0.2, 0) is 0 Å². The fourth-order valence-electron chi connectivity index (χ4n) is 4.01. The van der Waals surface area contributed by atoms with E-state index in [0.29, 0.717) is 16.6 Å². The average Bonchev–Trinajstić information content (AvgIpc) is 2.47. The van der Waals surface area contributed by atoms with E-state index in [0.717, 1.165) is 10.0 Å². The monoisotopic (exact) mass is 386 g/mol. The van der Waals surface area contributed by atoms with Gasteiger partial charge in [0, 0.05) is 15.4 Å². The maximum absolute atomic E-state index is 3.84. The Morgan fingerprint density at radius 2 is 1.35 bits per heavy atom. The highest BCUT2D eigenvalue weighted by Crippen LogP contribution is 2.41. The molecule has 0 aliphatic heterocycles. The minimum Gasteiger partial charge on any atom is -0.125 e. The normalized spacial score (nSPS) is 12.1. The van der Waals surface area contributed by atoms with Crippen LogP contribution in [-0.4, -0.2) is 8.07 Å². The molecule has 0 aliphatic rings. The molecule has 0 aliphatic carbocycles. The number of hydrogen-bond donors (Lipinski definition) is 0. The Morgan fingerprint density at radius 3 is 1.87 bits per heavy atom. The van der Waals surface area contributed by atoms with Gasteiger partial charge in [-0.05, 0) is 34.1 Å². The van der Waals surface area contributed by atoms with Gasteiger partial charge in [0.1, 0.15) is 8.07 Å². The lowest BCUT2D eigenvalue weighted by molar-refractivity contribution is 0.838. The molecule has 0 spiro atoms. The third-order valence-electron chi connectivity index (χ3n) is 5.13. The van der Waals surface area contributed by atoms with E-state index in [2.05, 4.69) is 105 Å². The Hall–Kier alpha value is -1.04. The molecule has 2 rings (SSSR count). The van der Waals surface area contributed by atoms with Crippen molar-refractivity contribution in [3.63, 3.8) is 0 Å². The van der Waals surface area contributed by atoms with Crippen molar-refractivity contribution in [3.8, 4) is 11.5 Å². The van der Waals surface area contributed by atoms with Crippen molar-refractivity contribution in [2.24, 2.45) is 0 Å². The molecule has 0 atom stereocenters. The summed E-state index contributed by atoms with van der Waals surface area (Å²) in [5.41, 5.74) is 6.96. The van der Waals surface area contributed by atoms with Crippen molar-refractivity contribution in [2.75, 3.05) is 0 Å². The first-order valence-corrected chi connectivity index (χ1v) is 11.5. The SMILES string of the molecule is CC(C)[Si](C#Cc1cccc2cccc(Br)c12)(C(C)C)C(C)C. The first-order valence-electron chi connectivity index (χ1n) is 8.51. The van der Waals surface area contributed by atoms with E-state index in [1.807, 2.05) is 0 Å². The smallest absolute Gasteiger partial charge is 0.125 e. The molecule has 0 aromatic heterocycles. The second kappa shape index (κ2) is 7.24. The zero-order valence-corrected chi connectivity index (χ0v) is 17.7. The lowest BCUT2D eigenvalue weighted by Gasteiger charge is -2.38. The molecular weight excluding hydrogens is 360 g/mol. The second-order valence-electron chi connectivity index (χ2n) is 7.29. The average molecular weight is 387 g/mol. The van der Waals surface area contributed by atoms with E-state index in [9.17, 15) is 0 Å². The van der Waals surface area contributed by atoms with Crippen LogP contribution in [0.3, 0.4) is 0 Å². The van der Waals surface area contributed by atoms with E-state index in [-0.39, 0.29) is 0 Å². The summed E-state index contributed by atoms with van der Waals surface area (Å²) in [5, 5.41) is 2.48. The van der Waals surface area contributed by atoms with E-state index in [4.69, 9.17) is 0 Å². The van der Waals surface area contributed by atoms with Gasteiger partial charge in [0.15, 0.2) is 0 Å². The van der Waals surface area contributed by atoms with Crippen LogP contribution in [0.25, 0.3) is 10.8 Å². The number of rotatable bonds is 3. The quantitative estimate of drug-likeness (QED) is 0.387. The summed E-state index contributed by atoms with van der Waals surface area (Å²) in [6.07, 6.45) is 0. The summed E-state index contributed by atoms with van der Waals surface area (Å²) in [6, 6.07) is 12.8. The Bertz CT molecular complexity index is 720. The van der Waals surface area contributed by atoms with Gasteiger partial charge in [0.25, 0.3) is 0 Å². The summed E-state index contributed by atoms with van der Waals surface area (Å²) >= 11 is 3.70. The molecule has 0 saturated carbocycles. The van der Waals surface area contributed by atoms with Gasteiger partial charge in [-0.25, -0.2) is 0 Å². The molecule has 0 N–H and O–H groups in total. The minimum absolute atomic E-state index is 0.661. The van der Waals surface area contributed by atoms with Crippen molar-refractivity contribution in [3.05, 3.63) is 46.4 Å². The summed E-state index contributed by atoms with van der Waals surface area (Å²) in [7, 11) is -1.69. The molecule has 0 heterocycles. The highest BCUT2D eigenvalue weighted by molar-refractivity contribution is 9.10. The van der Waals surface area contributed by atoms with E-state index in [1.165, 1.54) is 10.8 Å². The minimum atomic E-state index is -1.69. The lowest BCUT2D eigenvalue weighted by Crippen LogP contribution is -2.43. The Balaban J connectivity index is 2.65. The van der Waals surface area contributed by atoms with Gasteiger partial charge in [-0.1, -0.05) is 87.7 Å². The predicted octanol–water partition coefficient (Wildman–Crippen LogP) is 7.17. The Morgan fingerprint density at radius 1 is 0.826 bits per heavy atom. The van der Waals surface area contributed by atoms with Crippen molar-refractivity contribution >= 4 is 34.8 Å². The third kappa shape index (κ3) is 3.42. The topological polar surface area (TPSA) is 0 Å². The number of halogens is 1. The maximum atomic E-state index is 3.84. The highest BCUT2D eigenvalue weighted by Gasteiger charge is 2.41. The Labute approximate surface area is 150 Å². The molecule has 0 radical (unpaired) electrons. The van der Waals surface area contributed by atoms with Gasteiger partial charge >= 0.3 is 0 Å². The summed E-state index contributed by atoms with van der Waals surface area (Å²) in [4.78, 5) is 0. The van der Waals surface area contributed by atoms with E-state index in [1.54, 1.807) is 0 Å². The summed E-state index contributed by atoms with van der Waals surface area (Å²) in [6.45, 7) is 14.2. The summed E-state index contributed by atoms with van der Waals surface area (Å²) in [5.74, 6) is 3.60. The van der Waals surface area contributed by atoms with Crippen LogP contribution in [0.1, 0.15) is 47.1 Å². The fraction of sp³-hybridized carbons (Fsp3) is 0.429. The van der Waals surface area contributed by atoms with Crippen molar-refractivity contribution < 1.29 is 0 Å². The Kier molecular flexibility index (Phi) is 5.76. The van der Waals surface area contributed by atoms with Crippen LogP contribution in [0.15, 0.2) is 40.9 Å². The van der Waals surface area contributed by atoms with Gasteiger partial charge < -0.3 is 0 Å². The molecule has 0 amide bonds. The molecule has 0 fully saturated rings. The first kappa shape index (κ1) is 18.3. The molecule has 122 valence electrons. The molecule has 0 bridgehead atoms. The molecule has 0 saturated heterocycles. The largest absolute Gasteiger partial charge is 0.146 e. The van der Waals surface area contributed by atoms with Crippen molar-refractivity contribution in [1.29, 1.82) is 0 Å². The molecule has 2 aromatic rings. The molecular formula is C21H27BrSi. The first-order chi connectivity index (χ1) is 10.8. The van der Waals surface area contributed by atoms with Gasteiger partial charge in [-0.3, -0.25) is 0 Å². The molecule has 2 aromatic carbocycles.